The smallest absolute Gasteiger partial charge is 0.320 e. The summed E-state index contributed by atoms with van der Waals surface area (Å²) < 4.78 is 0. The number of urea groups is 1. The summed E-state index contributed by atoms with van der Waals surface area (Å²) in [7, 11) is 0. The molecule has 17 heavy (non-hydrogen) atoms. The molecule has 2 heterocycles. The van der Waals surface area contributed by atoms with Gasteiger partial charge in [0, 0.05) is 26.2 Å². The van der Waals surface area contributed by atoms with Gasteiger partial charge in [0.05, 0.1) is 5.92 Å². The highest BCUT2D eigenvalue weighted by Crippen LogP contribution is 2.19. The minimum Gasteiger partial charge on any atom is -0.481 e. The summed E-state index contributed by atoms with van der Waals surface area (Å²) >= 11 is 0. The molecule has 1 N–H and O–H groups in total. The molecule has 0 saturated carbocycles. The highest BCUT2D eigenvalue weighted by molar-refractivity contribution is 5.76. The van der Waals surface area contributed by atoms with Crippen molar-refractivity contribution in [2.24, 2.45) is 5.92 Å². The van der Waals surface area contributed by atoms with Crippen molar-refractivity contribution in [2.45, 2.75) is 32.1 Å². The first-order valence-electron chi connectivity index (χ1n) is 6.45. The Bertz CT molecular complexity index is 300. The number of carboxylic acids is 1. The second-order valence-corrected chi connectivity index (χ2v) is 4.95. The highest BCUT2D eigenvalue weighted by atomic mass is 16.4. The first kappa shape index (κ1) is 12.2. The Morgan fingerprint density at radius 2 is 1.59 bits per heavy atom. The summed E-state index contributed by atoms with van der Waals surface area (Å²) in [5, 5.41) is 9.00. The monoisotopic (exact) mass is 240 g/mol. The summed E-state index contributed by atoms with van der Waals surface area (Å²) in [6.07, 6.45) is 4.83. The number of hydrogen-bond acceptors (Lipinski definition) is 2. The van der Waals surface area contributed by atoms with Crippen LogP contribution in [0.5, 0.6) is 0 Å². The van der Waals surface area contributed by atoms with Gasteiger partial charge in [-0.15, -0.1) is 0 Å². The zero-order chi connectivity index (χ0) is 12.3. The van der Waals surface area contributed by atoms with Gasteiger partial charge in [0.2, 0.25) is 0 Å². The van der Waals surface area contributed by atoms with Gasteiger partial charge in [-0.25, -0.2) is 4.79 Å². The van der Waals surface area contributed by atoms with E-state index in [9.17, 15) is 9.59 Å². The van der Waals surface area contributed by atoms with Crippen LogP contribution in [-0.2, 0) is 4.79 Å². The van der Waals surface area contributed by atoms with Gasteiger partial charge in [-0.05, 0) is 32.1 Å². The molecule has 2 fully saturated rings. The molecule has 2 rings (SSSR count). The maximum atomic E-state index is 12.2. The summed E-state index contributed by atoms with van der Waals surface area (Å²) in [6.45, 7) is 2.74. The number of rotatable bonds is 1. The van der Waals surface area contributed by atoms with Crippen molar-refractivity contribution in [1.29, 1.82) is 0 Å². The molecule has 0 aromatic heterocycles. The number of piperidine rings is 2. The van der Waals surface area contributed by atoms with E-state index < -0.39 is 5.97 Å². The van der Waals surface area contributed by atoms with Crippen LogP contribution < -0.4 is 0 Å². The quantitative estimate of drug-likeness (QED) is 0.753. The lowest BCUT2D eigenvalue weighted by Crippen LogP contribution is -2.50. The first-order valence-corrected chi connectivity index (χ1v) is 6.45. The van der Waals surface area contributed by atoms with E-state index in [0.717, 1.165) is 32.4 Å². The number of aliphatic carboxylic acids is 1. The molecular weight excluding hydrogens is 220 g/mol. The number of carbonyl (C=O) groups is 2. The van der Waals surface area contributed by atoms with Gasteiger partial charge in [-0.3, -0.25) is 4.79 Å². The molecule has 0 aromatic rings. The molecule has 0 spiro atoms. The maximum absolute atomic E-state index is 12.2. The van der Waals surface area contributed by atoms with Crippen LogP contribution in [-0.4, -0.2) is 53.1 Å². The van der Waals surface area contributed by atoms with Gasteiger partial charge < -0.3 is 14.9 Å². The number of hydrogen-bond donors (Lipinski definition) is 1. The van der Waals surface area contributed by atoms with Crippen LogP contribution in [0.25, 0.3) is 0 Å². The van der Waals surface area contributed by atoms with Crippen molar-refractivity contribution in [2.75, 3.05) is 26.2 Å². The average molecular weight is 240 g/mol. The molecule has 0 radical (unpaired) electrons. The van der Waals surface area contributed by atoms with E-state index in [1.54, 1.807) is 4.90 Å². The highest BCUT2D eigenvalue weighted by Gasteiger charge is 2.30. The Balaban J connectivity index is 1.91. The number of carbonyl (C=O) groups excluding carboxylic acids is 1. The summed E-state index contributed by atoms with van der Waals surface area (Å²) in [6, 6.07) is 0.0376. The Morgan fingerprint density at radius 3 is 2.24 bits per heavy atom. The number of carboxylic acid groups (broad SMARTS) is 1. The van der Waals surface area contributed by atoms with Crippen molar-refractivity contribution >= 4 is 12.0 Å². The predicted octanol–water partition coefficient (Wildman–Crippen LogP) is 1.39. The molecule has 0 bridgehead atoms. The van der Waals surface area contributed by atoms with E-state index >= 15 is 0 Å². The Kier molecular flexibility index (Phi) is 3.86. The fourth-order valence-corrected chi connectivity index (χ4v) is 2.64. The van der Waals surface area contributed by atoms with Crippen molar-refractivity contribution in [3.8, 4) is 0 Å². The van der Waals surface area contributed by atoms with E-state index in [1.807, 2.05) is 4.90 Å². The minimum atomic E-state index is -0.777. The van der Waals surface area contributed by atoms with Crippen molar-refractivity contribution in [3.05, 3.63) is 0 Å². The second kappa shape index (κ2) is 5.38. The van der Waals surface area contributed by atoms with Gasteiger partial charge in [-0.2, -0.15) is 0 Å². The van der Waals surface area contributed by atoms with Gasteiger partial charge in [0.1, 0.15) is 0 Å². The van der Waals surface area contributed by atoms with Crippen LogP contribution in [0.1, 0.15) is 32.1 Å². The minimum absolute atomic E-state index is 0.0376. The zero-order valence-electron chi connectivity index (χ0n) is 10.1. The van der Waals surface area contributed by atoms with Crippen LogP contribution in [0.2, 0.25) is 0 Å². The van der Waals surface area contributed by atoms with Crippen LogP contribution >= 0.6 is 0 Å². The molecule has 1 atom stereocenters. The number of likely N-dealkylation sites (tertiary alicyclic amines) is 2. The lowest BCUT2D eigenvalue weighted by atomic mass is 9.98. The number of amides is 2. The largest absolute Gasteiger partial charge is 0.481 e. The Hall–Kier alpha value is -1.26. The summed E-state index contributed by atoms with van der Waals surface area (Å²) in [4.78, 5) is 26.7. The van der Waals surface area contributed by atoms with Gasteiger partial charge >= 0.3 is 12.0 Å². The predicted molar refractivity (Wildman–Crippen MR) is 62.8 cm³/mol. The molecular formula is C12H20N2O3. The topological polar surface area (TPSA) is 60.9 Å². The fraction of sp³-hybridized carbons (Fsp3) is 0.833. The van der Waals surface area contributed by atoms with Gasteiger partial charge in [0.25, 0.3) is 0 Å². The fourth-order valence-electron chi connectivity index (χ4n) is 2.64. The second-order valence-electron chi connectivity index (χ2n) is 4.95. The van der Waals surface area contributed by atoms with E-state index in [4.69, 9.17) is 5.11 Å². The van der Waals surface area contributed by atoms with E-state index in [-0.39, 0.29) is 11.9 Å². The standard InChI is InChI=1S/C12H20N2O3/c15-11(16)10-5-4-8-14(9-10)12(17)13-6-2-1-3-7-13/h10H,1-9H2,(H,15,16)/t10-/m0/s1. The third-order valence-corrected chi connectivity index (χ3v) is 3.67. The van der Waals surface area contributed by atoms with Crippen molar-refractivity contribution in [1.82, 2.24) is 9.80 Å². The average Bonchev–Trinajstić information content (AvgIpc) is 2.39. The third kappa shape index (κ3) is 2.90. The van der Waals surface area contributed by atoms with Crippen LogP contribution in [0.3, 0.4) is 0 Å². The number of nitrogens with zero attached hydrogens (tertiary/aromatic N) is 2. The molecule has 2 aliphatic rings. The zero-order valence-corrected chi connectivity index (χ0v) is 10.1. The molecule has 2 aliphatic heterocycles. The van der Waals surface area contributed by atoms with Crippen molar-refractivity contribution < 1.29 is 14.7 Å². The Labute approximate surface area is 101 Å². The van der Waals surface area contributed by atoms with Crippen molar-refractivity contribution in [3.63, 3.8) is 0 Å². The molecule has 0 aromatic carbocycles. The maximum Gasteiger partial charge on any atom is 0.320 e. The lowest BCUT2D eigenvalue weighted by molar-refractivity contribution is -0.143. The van der Waals surface area contributed by atoms with Gasteiger partial charge in [-0.1, -0.05) is 0 Å². The summed E-state index contributed by atoms with van der Waals surface area (Å²) in [5.41, 5.74) is 0. The van der Waals surface area contributed by atoms with Crippen LogP contribution in [0.4, 0.5) is 4.79 Å². The SMILES string of the molecule is O=C(O)[C@H]1CCCN(C(=O)N2CCCCC2)C1. The third-order valence-electron chi connectivity index (χ3n) is 3.67. The lowest BCUT2D eigenvalue weighted by Gasteiger charge is -2.36. The van der Waals surface area contributed by atoms with Crippen LogP contribution in [0.15, 0.2) is 0 Å². The molecule has 96 valence electrons. The first-order chi connectivity index (χ1) is 8.18. The Morgan fingerprint density at radius 1 is 0.941 bits per heavy atom. The van der Waals surface area contributed by atoms with E-state index in [0.29, 0.717) is 19.5 Å². The molecule has 0 unspecified atom stereocenters. The normalized spacial score (nSPS) is 25.8. The molecule has 0 aliphatic carbocycles. The molecule has 5 nitrogen and oxygen atoms in total. The summed E-state index contributed by atoms with van der Waals surface area (Å²) in [5.74, 6) is -1.15. The van der Waals surface area contributed by atoms with E-state index in [1.165, 1.54) is 6.42 Å². The molecule has 2 amide bonds. The van der Waals surface area contributed by atoms with E-state index in [2.05, 4.69) is 0 Å². The van der Waals surface area contributed by atoms with Crippen LogP contribution in [0, 0.1) is 5.92 Å². The molecule has 5 heteroatoms. The van der Waals surface area contributed by atoms with Gasteiger partial charge in [0.15, 0.2) is 0 Å². The molecule has 2 saturated heterocycles.